The van der Waals surface area contributed by atoms with Gasteiger partial charge in [0.05, 0.1) is 5.69 Å². The summed E-state index contributed by atoms with van der Waals surface area (Å²) in [4.78, 5) is 12.1. The lowest BCUT2D eigenvalue weighted by molar-refractivity contribution is 0.101. The number of amides is 1. The van der Waals surface area contributed by atoms with Crippen molar-refractivity contribution >= 4 is 34.2 Å². The van der Waals surface area contributed by atoms with Crippen LogP contribution < -0.4 is 5.32 Å². The lowest BCUT2D eigenvalue weighted by atomic mass is 10.2. The van der Waals surface area contributed by atoms with Gasteiger partial charge in [-0.1, -0.05) is 13.0 Å². The molecule has 0 atom stereocenters. The number of nitrogens with one attached hydrogen (secondary N) is 1. The summed E-state index contributed by atoms with van der Waals surface area (Å²) in [5, 5.41) is 7.14. The predicted molar refractivity (Wildman–Crippen MR) is 79.7 cm³/mol. The molecule has 0 aliphatic carbocycles. The third kappa shape index (κ3) is 2.90. The molecule has 5 heteroatoms. The van der Waals surface area contributed by atoms with E-state index in [1.165, 1.54) is 0 Å². The average molecular weight is 355 g/mol. The summed E-state index contributed by atoms with van der Waals surface area (Å²) in [5.41, 5.74) is 2.29. The Balaban J connectivity index is 2.19. The molecule has 0 fully saturated rings. The molecule has 0 saturated carbocycles. The topological polar surface area (TPSA) is 46.9 Å². The number of anilines is 1. The molecule has 1 N–H and O–H groups in total. The maximum atomic E-state index is 12.1. The van der Waals surface area contributed by atoms with Gasteiger partial charge in [-0.3, -0.25) is 9.48 Å². The molecule has 1 amide bonds. The summed E-state index contributed by atoms with van der Waals surface area (Å²) in [7, 11) is 1.78. The highest BCUT2D eigenvalue weighted by atomic mass is 127. The fourth-order valence-corrected chi connectivity index (χ4v) is 2.22. The SMILES string of the molecule is CCc1cc(C(=O)Nc2cccc(I)c2)n(C)n1. The monoisotopic (exact) mass is 355 g/mol. The van der Waals surface area contributed by atoms with E-state index in [4.69, 9.17) is 0 Å². The molecule has 0 aliphatic rings. The van der Waals surface area contributed by atoms with Crippen LogP contribution in [0.1, 0.15) is 23.1 Å². The van der Waals surface area contributed by atoms with E-state index in [2.05, 4.69) is 33.0 Å². The second kappa shape index (κ2) is 5.51. The van der Waals surface area contributed by atoms with Crippen molar-refractivity contribution in [2.24, 2.45) is 7.05 Å². The number of carbonyl (C=O) groups is 1. The van der Waals surface area contributed by atoms with Gasteiger partial charge in [0, 0.05) is 16.3 Å². The molecular formula is C13H14IN3O. The van der Waals surface area contributed by atoms with Crippen molar-refractivity contribution in [2.75, 3.05) is 5.32 Å². The minimum Gasteiger partial charge on any atom is -0.321 e. The first-order valence-electron chi connectivity index (χ1n) is 5.70. The van der Waals surface area contributed by atoms with E-state index >= 15 is 0 Å². The van der Waals surface area contributed by atoms with E-state index in [0.717, 1.165) is 21.4 Å². The Bertz CT molecular complexity index is 577. The Morgan fingerprint density at radius 3 is 2.83 bits per heavy atom. The van der Waals surface area contributed by atoms with Crippen LogP contribution in [0, 0.1) is 3.57 Å². The molecule has 0 radical (unpaired) electrons. The molecule has 0 spiro atoms. The smallest absolute Gasteiger partial charge is 0.273 e. The van der Waals surface area contributed by atoms with Crippen molar-refractivity contribution in [1.29, 1.82) is 0 Å². The van der Waals surface area contributed by atoms with Crippen molar-refractivity contribution < 1.29 is 4.79 Å². The molecule has 2 rings (SSSR count). The van der Waals surface area contributed by atoms with E-state index in [-0.39, 0.29) is 5.91 Å². The molecule has 2 aromatic rings. The van der Waals surface area contributed by atoms with Crippen LogP contribution in [0.3, 0.4) is 0 Å². The van der Waals surface area contributed by atoms with E-state index in [9.17, 15) is 4.79 Å². The standard InChI is InChI=1S/C13H14IN3O/c1-3-10-8-12(17(2)16-10)13(18)15-11-6-4-5-9(14)7-11/h4-8H,3H2,1-2H3,(H,15,18). The number of hydrogen-bond acceptors (Lipinski definition) is 2. The van der Waals surface area contributed by atoms with Gasteiger partial charge in [0.1, 0.15) is 5.69 Å². The van der Waals surface area contributed by atoms with Crippen LogP contribution in [0.25, 0.3) is 0 Å². The summed E-state index contributed by atoms with van der Waals surface area (Å²) in [5.74, 6) is -0.133. The molecule has 94 valence electrons. The molecule has 0 unspecified atom stereocenters. The third-order valence-corrected chi connectivity index (χ3v) is 3.28. The van der Waals surface area contributed by atoms with Crippen molar-refractivity contribution in [1.82, 2.24) is 9.78 Å². The Labute approximate surface area is 120 Å². The molecule has 1 aromatic heterocycles. The number of nitrogens with zero attached hydrogens (tertiary/aromatic N) is 2. The first kappa shape index (κ1) is 13.1. The van der Waals surface area contributed by atoms with Crippen LogP contribution in [-0.4, -0.2) is 15.7 Å². The van der Waals surface area contributed by atoms with Gasteiger partial charge in [-0.2, -0.15) is 5.10 Å². The van der Waals surface area contributed by atoms with Crippen LogP contribution in [0.2, 0.25) is 0 Å². The van der Waals surface area contributed by atoms with Crippen LogP contribution in [0.15, 0.2) is 30.3 Å². The van der Waals surface area contributed by atoms with E-state index in [0.29, 0.717) is 5.69 Å². The summed E-state index contributed by atoms with van der Waals surface area (Å²) in [6.45, 7) is 2.02. The fraction of sp³-hybridized carbons (Fsp3) is 0.231. The van der Waals surface area contributed by atoms with E-state index < -0.39 is 0 Å². The summed E-state index contributed by atoms with van der Waals surface area (Å²) in [6.07, 6.45) is 0.824. The Morgan fingerprint density at radius 1 is 1.44 bits per heavy atom. The van der Waals surface area contributed by atoms with Gasteiger partial charge in [0.15, 0.2) is 0 Å². The lowest BCUT2D eigenvalue weighted by Gasteiger charge is -2.05. The van der Waals surface area contributed by atoms with Crippen molar-refractivity contribution in [3.8, 4) is 0 Å². The molecule has 0 bridgehead atoms. The molecule has 1 aromatic carbocycles. The number of benzene rings is 1. The zero-order chi connectivity index (χ0) is 13.1. The number of rotatable bonds is 3. The highest BCUT2D eigenvalue weighted by molar-refractivity contribution is 14.1. The molecule has 4 nitrogen and oxygen atoms in total. The molecule has 18 heavy (non-hydrogen) atoms. The highest BCUT2D eigenvalue weighted by Crippen LogP contribution is 2.14. The van der Waals surface area contributed by atoms with Crippen LogP contribution >= 0.6 is 22.6 Å². The minimum atomic E-state index is -0.133. The van der Waals surface area contributed by atoms with Gasteiger partial charge in [-0.25, -0.2) is 0 Å². The van der Waals surface area contributed by atoms with Crippen molar-refractivity contribution in [2.45, 2.75) is 13.3 Å². The van der Waals surface area contributed by atoms with Gasteiger partial charge >= 0.3 is 0 Å². The summed E-state index contributed by atoms with van der Waals surface area (Å²) >= 11 is 2.21. The summed E-state index contributed by atoms with van der Waals surface area (Å²) in [6, 6.07) is 9.52. The number of hydrogen-bond donors (Lipinski definition) is 1. The Kier molecular flexibility index (Phi) is 4.00. The highest BCUT2D eigenvalue weighted by Gasteiger charge is 2.12. The van der Waals surface area contributed by atoms with Crippen LogP contribution in [-0.2, 0) is 13.5 Å². The van der Waals surface area contributed by atoms with Gasteiger partial charge in [-0.15, -0.1) is 0 Å². The molecular weight excluding hydrogens is 341 g/mol. The first-order valence-corrected chi connectivity index (χ1v) is 6.78. The normalized spacial score (nSPS) is 10.4. The third-order valence-electron chi connectivity index (χ3n) is 2.61. The van der Waals surface area contributed by atoms with Crippen molar-refractivity contribution in [3.05, 3.63) is 45.3 Å². The fourth-order valence-electron chi connectivity index (χ4n) is 1.67. The Morgan fingerprint density at radius 2 is 2.22 bits per heavy atom. The van der Waals surface area contributed by atoms with E-state index in [1.54, 1.807) is 11.7 Å². The van der Waals surface area contributed by atoms with Crippen molar-refractivity contribution in [3.63, 3.8) is 0 Å². The molecule has 1 heterocycles. The van der Waals surface area contributed by atoms with Gasteiger partial charge < -0.3 is 5.32 Å². The maximum Gasteiger partial charge on any atom is 0.273 e. The number of carbonyl (C=O) groups excluding carboxylic acids is 1. The quantitative estimate of drug-likeness (QED) is 0.861. The van der Waals surface area contributed by atoms with Gasteiger partial charge in [0.2, 0.25) is 0 Å². The van der Waals surface area contributed by atoms with E-state index in [1.807, 2.05) is 37.3 Å². The minimum absolute atomic E-state index is 0.133. The lowest BCUT2D eigenvalue weighted by Crippen LogP contribution is -2.16. The second-order valence-electron chi connectivity index (χ2n) is 3.96. The number of aryl methyl sites for hydroxylation is 2. The Hall–Kier alpha value is -1.37. The average Bonchev–Trinajstić information content (AvgIpc) is 2.70. The maximum absolute atomic E-state index is 12.1. The van der Waals surface area contributed by atoms with Crippen LogP contribution in [0.4, 0.5) is 5.69 Å². The van der Waals surface area contributed by atoms with Crippen LogP contribution in [0.5, 0.6) is 0 Å². The second-order valence-corrected chi connectivity index (χ2v) is 5.21. The van der Waals surface area contributed by atoms with Gasteiger partial charge in [0.25, 0.3) is 5.91 Å². The largest absolute Gasteiger partial charge is 0.321 e. The molecule has 0 aliphatic heterocycles. The zero-order valence-electron chi connectivity index (χ0n) is 10.3. The predicted octanol–water partition coefficient (Wildman–Crippen LogP) is 2.84. The first-order chi connectivity index (χ1) is 8.60. The molecule has 0 saturated heterocycles. The number of halogens is 1. The summed E-state index contributed by atoms with van der Waals surface area (Å²) < 4.78 is 2.70. The zero-order valence-corrected chi connectivity index (χ0v) is 12.4. The van der Waals surface area contributed by atoms with Gasteiger partial charge in [-0.05, 0) is 53.3 Å². The number of aromatic nitrogens is 2.